The maximum Gasteiger partial charge on any atom is 0.586 e. The average molecular weight is 412 g/mol. The van der Waals surface area contributed by atoms with E-state index in [4.69, 9.17) is 11.6 Å². The van der Waals surface area contributed by atoms with Gasteiger partial charge < -0.3 is 25.0 Å². The number of nitrogens with zero attached hydrogens (tertiary/aromatic N) is 1. The summed E-state index contributed by atoms with van der Waals surface area (Å²) in [6.45, 7) is -0.328. The number of amides is 2. The zero-order chi connectivity index (χ0) is 20.3. The van der Waals surface area contributed by atoms with Crippen molar-refractivity contribution in [2.45, 2.75) is 6.29 Å². The number of hydrogen-bond acceptors (Lipinski definition) is 5. The number of benzene rings is 2. The molecule has 0 radical (unpaired) electrons. The Morgan fingerprint density at radius 1 is 1.14 bits per heavy atom. The largest absolute Gasteiger partial charge is 0.586 e. The number of carbonyl (C=O) groups excluding carboxylic acids is 2. The molecule has 1 aliphatic rings. The van der Waals surface area contributed by atoms with Gasteiger partial charge in [0.15, 0.2) is 11.5 Å². The first-order valence-corrected chi connectivity index (χ1v) is 8.53. The molecule has 0 aromatic heterocycles. The molecule has 0 atom stereocenters. The zero-order valence-corrected chi connectivity index (χ0v) is 15.4. The van der Waals surface area contributed by atoms with Crippen molar-refractivity contribution in [1.29, 1.82) is 0 Å². The molecular weight excluding hydrogens is 396 g/mol. The van der Waals surface area contributed by atoms with Crippen LogP contribution in [0, 0.1) is 0 Å². The van der Waals surface area contributed by atoms with Crippen LogP contribution in [0.5, 0.6) is 11.5 Å². The van der Waals surface area contributed by atoms with E-state index in [1.807, 2.05) is 0 Å². The standard InChI is InChI=1S/C18H16ClF2N3O4/c1-24(10-16(25)23-13-5-3-2-4-12(13)19)17(26)9-22-11-6-7-14-15(8-11)28-18(20,21)27-14/h2-8,22H,9-10H2,1H3,(H,23,25). The van der Waals surface area contributed by atoms with Crippen molar-refractivity contribution in [1.82, 2.24) is 4.90 Å². The van der Waals surface area contributed by atoms with Crippen molar-refractivity contribution in [3.05, 3.63) is 47.5 Å². The number of hydrogen-bond donors (Lipinski definition) is 2. The van der Waals surface area contributed by atoms with Gasteiger partial charge >= 0.3 is 6.29 Å². The maximum absolute atomic E-state index is 13.0. The Hall–Kier alpha value is -3.07. The van der Waals surface area contributed by atoms with Crippen molar-refractivity contribution in [2.75, 3.05) is 30.8 Å². The number of fused-ring (bicyclic) bond motifs is 1. The fourth-order valence-corrected chi connectivity index (χ4v) is 2.61. The smallest absolute Gasteiger partial charge is 0.395 e. The van der Waals surface area contributed by atoms with E-state index in [0.717, 1.165) is 0 Å². The Bertz CT molecular complexity index is 910. The fraction of sp³-hybridized carbons (Fsp3) is 0.222. The van der Waals surface area contributed by atoms with Crippen LogP contribution in [-0.2, 0) is 9.59 Å². The van der Waals surface area contributed by atoms with Gasteiger partial charge in [0, 0.05) is 18.8 Å². The zero-order valence-electron chi connectivity index (χ0n) is 14.7. The molecule has 0 spiro atoms. The molecule has 2 aromatic carbocycles. The normalized spacial score (nSPS) is 13.7. The first kappa shape index (κ1) is 19.7. The summed E-state index contributed by atoms with van der Waals surface area (Å²) in [7, 11) is 1.47. The third-order valence-corrected chi connectivity index (χ3v) is 4.13. The van der Waals surface area contributed by atoms with Crippen molar-refractivity contribution < 1.29 is 27.8 Å². The monoisotopic (exact) mass is 411 g/mol. The van der Waals surface area contributed by atoms with E-state index >= 15 is 0 Å². The second-order valence-electron chi connectivity index (χ2n) is 5.96. The Morgan fingerprint density at radius 3 is 2.61 bits per heavy atom. The van der Waals surface area contributed by atoms with Gasteiger partial charge in [0.1, 0.15) is 0 Å². The highest BCUT2D eigenvalue weighted by Crippen LogP contribution is 2.42. The first-order valence-electron chi connectivity index (χ1n) is 8.15. The molecule has 2 N–H and O–H groups in total. The van der Waals surface area contributed by atoms with Crippen molar-refractivity contribution in [2.24, 2.45) is 0 Å². The quantitative estimate of drug-likeness (QED) is 0.763. The summed E-state index contributed by atoms with van der Waals surface area (Å²) in [6, 6.07) is 10.8. The summed E-state index contributed by atoms with van der Waals surface area (Å²) in [5.41, 5.74) is 0.840. The van der Waals surface area contributed by atoms with Gasteiger partial charge in [0.2, 0.25) is 11.8 Å². The number of para-hydroxylation sites is 1. The van der Waals surface area contributed by atoms with E-state index < -0.39 is 12.2 Å². The summed E-state index contributed by atoms with van der Waals surface area (Å²) in [5.74, 6) is -1.00. The Morgan fingerprint density at radius 2 is 1.86 bits per heavy atom. The van der Waals surface area contributed by atoms with Crippen LogP contribution in [0.25, 0.3) is 0 Å². The van der Waals surface area contributed by atoms with Gasteiger partial charge in [-0.05, 0) is 24.3 Å². The van der Waals surface area contributed by atoms with Gasteiger partial charge in [0.25, 0.3) is 0 Å². The molecule has 0 unspecified atom stereocenters. The SMILES string of the molecule is CN(CC(=O)Nc1ccccc1Cl)C(=O)CNc1ccc2c(c1)OC(F)(F)O2. The summed E-state index contributed by atoms with van der Waals surface area (Å²) in [6.07, 6.45) is -3.70. The third-order valence-electron chi connectivity index (χ3n) is 3.80. The third kappa shape index (κ3) is 4.80. The molecule has 1 heterocycles. The molecule has 28 heavy (non-hydrogen) atoms. The highest BCUT2D eigenvalue weighted by Gasteiger charge is 2.43. The van der Waals surface area contributed by atoms with Crippen LogP contribution in [0.3, 0.4) is 0 Å². The molecule has 148 valence electrons. The molecule has 0 aliphatic carbocycles. The highest BCUT2D eigenvalue weighted by atomic mass is 35.5. The lowest BCUT2D eigenvalue weighted by molar-refractivity contribution is -0.286. The van der Waals surface area contributed by atoms with Crippen molar-refractivity contribution >= 4 is 34.8 Å². The lowest BCUT2D eigenvalue weighted by atomic mass is 10.2. The second-order valence-corrected chi connectivity index (χ2v) is 6.37. The van der Waals surface area contributed by atoms with Crippen LogP contribution in [-0.4, -0.2) is 43.1 Å². The lowest BCUT2D eigenvalue weighted by Crippen LogP contribution is -2.38. The molecule has 1 aliphatic heterocycles. The van der Waals surface area contributed by atoms with Crippen LogP contribution < -0.4 is 20.1 Å². The number of ether oxygens (including phenoxy) is 2. The molecular formula is C18H16ClF2N3O4. The van der Waals surface area contributed by atoms with E-state index in [9.17, 15) is 18.4 Å². The van der Waals surface area contributed by atoms with Gasteiger partial charge in [-0.15, -0.1) is 8.78 Å². The van der Waals surface area contributed by atoms with E-state index in [-0.39, 0.29) is 30.5 Å². The maximum atomic E-state index is 13.0. The van der Waals surface area contributed by atoms with Gasteiger partial charge in [0.05, 0.1) is 23.8 Å². The number of halogens is 3. The van der Waals surface area contributed by atoms with Crippen LogP contribution in [0.1, 0.15) is 0 Å². The molecule has 3 rings (SSSR count). The van der Waals surface area contributed by atoms with Gasteiger partial charge in [-0.25, -0.2) is 0 Å². The Balaban J connectivity index is 1.50. The number of nitrogens with one attached hydrogen (secondary N) is 2. The predicted molar refractivity (Wildman–Crippen MR) is 98.9 cm³/mol. The highest BCUT2D eigenvalue weighted by molar-refractivity contribution is 6.33. The predicted octanol–water partition coefficient (Wildman–Crippen LogP) is 3.17. The summed E-state index contributed by atoms with van der Waals surface area (Å²) >= 11 is 5.97. The summed E-state index contributed by atoms with van der Waals surface area (Å²) in [4.78, 5) is 25.5. The lowest BCUT2D eigenvalue weighted by Gasteiger charge is -2.18. The van der Waals surface area contributed by atoms with Crippen molar-refractivity contribution in [3.8, 4) is 11.5 Å². The van der Waals surface area contributed by atoms with Crippen LogP contribution in [0.2, 0.25) is 5.02 Å². The minimum atomic E-state index is -3.70. The van der Waals surface area contributed by atoms with Crippen LogP contribution in [0.4, 0.5) is 20.2 Å². The number of rotatable bonds is 6. The number of carbonyl (C=O) groups is 2. The van der Waals surface area contributed by atoms with Gasteiger partial charge in [-0.2, -0.15) is 0 Å². The number of anilines is 2. The minimum absolute atomic E-state index is 0.0877. The molecule has 0 fully saturated rings. The molecule has 2 aromatic rings. The molecule has 10 heteroatoms. The van der Waals surface area contributed by atoms with Crippen LogP contribution in [0.15, 0.2) is 42.5 Å². The Kier molecular flexibility index (Phi) is 5.55. The Labute approximate surface area is 164 Å². The van der Waals surface area contributed by atoms with Crippen molar-refractivity contribution in [3.63, 3.8) is 0 Å². The topological polar surface area (TPSA) is 79.9 Å². The number of likely N-dealkylation sites (N-methyl/N-ethyl adjacent to an activating group) is 1. The minimum Gasteiger partial charge on any atom is -0.395 e. The summed E-state index contributed by atoms with van der Waals surface area (Å²) in [5, 5.41) is 5.80. The second kappa shape index (κ2) is 7.89. The average Bonchev–Trinajstić information content (AvgIpc) is 2.94. The van der Waals surface area contributed by atoms with E-state index in [1.165, 1.54) is 30.1 Å². The summed E-state index contributed by atoms with van der Waals surface area (Å²) < 4.78 is 34.7. The molecule has 2 amide bonds. The molecule has 0 saturated heterocycles. The van der Waals surface area contributed by atoms with E-state index in [0.29, 0.717) is 16.4 Å². The van der Waals surface area contributed by atoms with Gasteiger partial charge in [-0.3, -0.25) is 9.59 Å². The molecule has 7 nitrogen and oxygen atoms in total. The molecule has 0 saturated carbocycles. The van der Waals surface area contributed by atoms with Gasteiger partial charge in [-0.1, -0.05) is 23.7 Å². The first-order chi connectivity index (χ1) is 13.2. The fourth-order valence-electron chi connectivity index (χ4n) is 2.43. The van der Waals surface area contributed by atoms with Crippen LogP contribution >= 0.6 is 11.6 Å². The molecule has 0 bridgehead atoms. The van der Waals surface area contributed by atoms with E-state index in [2.05, 4.69) is 20.1 Å². The van der Waals surface area contributed by atoms with E-state index in [1.54, 1.807) is 24.3 Å². The number of alkyl halides is 2.